The molecule has 0 aliphatic carbocycles. The van der Waals surface area contributed by atoms with E-state index in [4.69, 9.17) is 10.2 Å². The van der Waals surface area contributed by atoms with Crippen molar-refractivity contribution in [3.05, 3.63) is 28.0 Å². The minimum Gasteiger partial charge on any atom is -0.395 e. The zero-order valence-corrected chi connectivity index (χ0v) is 9.87. The van der Waals surface area contributed by atoms with Gasteiger partial charge in [0.05, 0.1) is 6.07 Å². The van der Waals surface area contributed by atoms with E-state index >= 15 is 0 Å². The Bertz CT molecular complexity index is 380. The molecule has 3 N–H and O–H groups in total. The van der Waals surface area contributed by atoms with Gasteiger partial charge in [0, 0.05) is 6.54 Å². The lowest BCUT2D eigenvalue weighted by molar-refractivity contribution is -0.402. The van der Waals surface area contributed by atoms with Crippen LogP contribution in [-0.2, 0) is 0 Å². The zero-order chi connectivity index (χ0) is 12.0. The standard InChI is InChI=1S/C9H13N3O4.ClH/c10-5-1-2-6-11-9(13)7-3-4-8(16-7)12(14)15;/h3-4H,1-2,5-6,10H2,(H,11,13);1H. The summed E-state index contributed by atoms with van der Waals surface area (Å²) in [5.41, 5.74) is 5.29. The molecule has 0 spiro atoms. The van der Waals surface area contributed by atoms with Crippen LogP contribution in [0.5, 0.6) is 0 Å². The number of unbranched alkanes of at least 4 members (excludes halogenated alkanes) is 1. The number of nitrogens with one attached hydrogen (secondary N) is 1. The third-order valence-electron chi connectivity index (χ3n) is 1.91. The molecule has 7 nitrogen and oxygen atoms in total. The molecule has 8 heteroatoms. The van der Waals surface area contributed by atoms with Gasteiger partial charge in [-0.05, 0) is 25.5 Å². The molecule has 0 unspecified atom stereocenters. The van der Waals surface area contributed by atoms with Crippen LogP contribution in [0, 0.1) is 10.1 Å². The Labute approximate surface area is 104 Å². The predicted octanol–water partition coefficient (Wildman–Crippen LogP) is 1.08. The third kappa shape index (κ3) is 4.83. The first-order valence-electron chi connectivity index (χ1n) is 4.87. The van der Waals surface area contributed by atoms with Crippen molar-refractivity contribution in [2.75, 3.05) is 13.1 Å². The molecule has 0 atom stereocenters. The van der Waals surface area contributed by atoms with Gasteiger partial charge >= 0.3 is 5.88 Å². The summed E-state index contributed by atoms with van der Waals surface area (Å²) in [6.07, 6.45) is 1.59. The van der Waals surface area contributed by atoms with E-state index in [1.807, 2.05) is 0 Å². The predicted molar refractivity (Wildman–Crippen MR) is 63.2 cm³/mol. The molecule has 0 radical (unpaired) electrons. The van der Waals surface area contributed by atoms with E-state index in [0.717, 1.165) is 18.9 Å². The topological polar surface area (TPSA) is 111 Å². The Kier molecular flexibility index (Phi) is 6.92. The first-order chi connectivity index (χ1) is 7.65. The van der Waals surface area contributed by atoms with Gasteiger partial charge in [-0.25, -0.2) is 0 Å². The Morgan fingerprint density at radius 3 is 2.71 bits per heavy atom. The molecule has 1 heterocycles. The molecular formula is C9H14ClN3O4. The number of nitro groups is 1. The van der Waals surface area contributed by atoms with Gasteiger partial charge in [0.25, 0.3) is 5.91 Å². The summed E-state index contributed by atoms with van der Waals surface area (Å²) < 4.78 is 4.73. The second-order valence-corrected chi connectivity index (χ2v) is 3.15. The Morgan fingerprint density at radius 2 is 2.18 bits per heavy atom. The maximum atomic E-state index is 11.4. The molecular weight excluding hydrogens is 250 g/mol. The Morgan fingerprint density at radius 1 is 1.47 bits per heavy atom. The van der Waals surface area contributed by atoms with E-state index in [0.29, 0.717) is 13.1 Å². The van der Waals surface area contributed by atoms with Crippen molar-refractivity contribution in [2.24, 2.45) is 5.73 Å². The molecule has 96 valence electrons. The number of furan rings is 1. The minimum atomic E-state index is -0.689. The monoisotopic (exact) mass is 263 g/mol. The van der Waals surface area contributed by atoms with Gasteiger partial charge in [0.2, 0.25) is 0 Å². The van der Waals surface area contributed by atoms with Crippen LogP contribution in [0.25, 0.3) is 0 Å². The molecule has 1 amide bonds. The first-order valence-corrected chi connectivity index (χ1v) is 4.87. The van der Waals surface area contributed by atoms with Gasteiger partial charge in [-0.1, -0.05) is 0 Å². The van der Waals surface area contributed by atoms with E-state index in [2.05, 4.69) is 5.32 Å². The zero-order valence-electron chi connectivity index (χ0n) is 9.05. The van der Waals surface area contributed by atoms with Crippen LogP contribution in [0.2, 0.25) is 0 Å². The molecule has 1 aromatic heterocycles. The molecule has 1 rings (SSSR count). The lowest BCUT2D eigenvalue weighted by Crippen LogP contribution is -2.24. The number of nitrogens with zero attached hydrogens (tertiary/aromatic N) is 1. The van der Waals surface area contributed by atoms with Gasteiger partial charge < -0.3 is 15.5 Å². The second kappa shape index (κ2) is 7.64. The fourth-order valence-corrected chi connectivity index (χ4v) is 1.11. The first kappa shape index (κ1) is 15.4. The van der Waals surface area contributed by atoms with Crippen molar-refractivity contribution in [1.29, 1.82) is 0 Å². The van der Waals surface area contributed by atoms with Crippen LogP contribution >= 0.6 is 12.4 Å². The molecule has 0 aliphatic rings. The van der Waals surface area contributed by atoms with Crippen molar-refractivity contribution < 1.29 is 14.1 Å². The van der Waals surface area contributed by atoms with Crippen LogP contribution in [0.15, 0.2) is 16.5 Å². The fraction of sp³-hybridized carbons (Fsp3) is 0.444. The average molecular weight is 264 g/mol. The molecule has 0 aliphatic heterocycles. The molecule has 0 fully saturated rings. The summed E-state index contributed by atoms with van der Waals surface area (Å²) >= 11 is 0. The highest BCUT2D eigenvalue weighted by Crippen LogP contribution is 2.15. The smallest absolute Gasteiger partial charge is 0.395 e. The molecule has 17 heavy (non-hydrogen) atoms. The number of amides is 1. The molecule has 0 aromatic carbocycles. The van der Waals surface area contributed by atoms with Gasteiger partial charge in [0.15, 0.2) is 5.76 Å². The van der Waals surface area contributed by atoms with Crippen LogP contribution in [0.1, 0.15) is 23.4 Å². The summed E-state index contributed by atoms with van der Waals surface area (Å²) in [6, 6.07) is 2.42. The number of halogens is 1. The van der Waals surface area contributed by atoms with Crippen molar-refractivity contribution in [2.45, 2.75) is 12.8 Å². The number of hydrogen-bond donors (Lipinski definition) is 2. The lowest BCUT2D eigenvalue weighted by atomic mass is 10.3. The van der Waals surface area contributed by atoms with E-state index in [1.165, 1.54) is 6.07 Å². The quantitative estimate of drug-likeness (QED) is 0.453. The largest absolute Gasteiger partial charge is 0.433 e. The maximum absolute atomic E-state index is 11.4. The molecule has 0 saturated carbocycles. The Hall–Kier alpha value is -1.60. The van der Waals surface area contributed by atoms with Crippen molar-refractivity contribution in [1.82, 2.24) is 5.32 Å². The third-order valence-corrected chi connectivity index (χ3v) is 1.91. The number of rotatable bonds is 6. The van der Waals surface area contributed by atoms with Crippen molar-refractivity contribution >= 4 is 24.2 Å². The SMILES string of the molecule is Cl.NCCCCNC(=O)c1ccc([N+](=O)[O-])o1. The summed E-state index contributed by atoms with van der Waals surface area (Å²) in [6.45, 7) is 1.05. The van der Waals surface area contributed by atoms with Crippen LogP contribution in [0.3, 0.4) is 0 Å². The highest BCUT2D eigenvalue weighted by atomic mass is 35.5. The lowest BCUT2D eigenvalue weighted by Gasteiger charge is -2.00. The maximum Gasteiger partial charge on any atom is 0.433 e. The Balaban J connectivity index is 0.00000256. The van der Waals surface area contributed by atoms with Crippen LogP contribution < -0.4 is 11.1 Å². The number of carbonyl (C=O) groups is 1. The van der Waals surface area contributed by atoms with Crippen LogP contribution in [0.4, 0.5) is 5.88 Å². The van der Waals surface area contributed by atoms with E-state index in [1.54, 1.807) is 0 Å². The number of carbonyl (C=O) groups excluding carboxylic acids is 1. The highest BCUT2D eigenvalue weighted by molar-refractivity contribution is 5.91. The molecule has 0 saturated heterocycles. The summed E-state index contributed by atoms with van der Waals surface area (Å²) in [5, 5.41) is 12.9. The molecule has 0 bridgehead atoms. The normalized spacial score (nSPS) is 9.47. The average Bonchev–Trinajstić information content (AvgIpc) is 2.73. The van der Waals surface area contributed by atoms with E-state index < -0.39 is 16.7 Å². The van der Waals surface area contributed by atoms with Crippen molar-refractivity contribution in [3.8, 4) is 0 Å². The summed E-state index contributed by atoms with van der Waals surface area (Å²) in [7, 11) is 0. The van der Waals surface area contributed by atoms with Gasteiger partial charge in [-0.2, -0.15) is 0 Å². The van der Waals surface area contributed by atoms with Crippen LogP contribution in [-0.4, -0.2) is 23.9 Å². The number of hydrogen-bond acceptors (Lipinski definition) is 5. The minimum absolute atomic E-state index is 0. The van der Waals surface area contributed by atoms with Gasteiger partial charge in [0.1, 0.15) is 4.92 Å². The highest BCUT2D eigenvalue weighted by Gasteiger charge is 2.16. The van der Waals surface area contributed by atoms with Gasteiger partial charge in [-0.3, -0.25) is 14.9 Å². The van der Waals surface area contributed by atoms with Gasteiger partial charge in [-0.15, -0.1) is 12.4 Å². The van der Waals surface area contributed by atoms with E-state index in [-0.39, 0.29) is 18.2 Å². The summed E-state index contributed by atoms with van der Waals surface area (Å²) in [5.74, 6) is -0.948. The molecule has 1 aromatic rings. The van der Waals surface area contributed by atoms with Crippen molar-refractivity contribution in [3.63, 3.8) is 0 Å². The second-order valence-electron chi connectivity index (χ2n) is 3.15. The van der Waals surface area contributed by atoms with E-state index in [9.17, 15) is 14.9 Å². The number of nitrogens with two attached hydrogens (primary N) is 1. The summed E-state index contributed by atoms with van der Waals surface area (Å²) in [4.78, 5) is 21.0. The fourth-order valence-electron chi connectivity index (χ4n) is 1.11.